The zero-order valence-electron chi connectivity index (χ0n) is 15.4. The molecular formula is C19H20N2O5S2. The number of fused-ring (bicyclic) bond motifs is 1. The molecule has 28 heavy (non-hydrogen) atoms. The number of β-lactam (4-membered cyclic amide) rings is 1. The van der Waals surface area contributed by atoms with Crippen LogP contribution in [0.3, 0.4) is 0 Å². The zero-order valence-corrected chi connectivity index (χ0v) is 17.1. The first kappa shape index (κ1) is 20.5. The number of nitrogens with one attached hydrogen (secondary N) is 1. The van der Waals surface area contributed by atoms with E-state index in [1.165, 1.54) is 30.5 Å². The van der Waals surface area contributed by atoms with Crippen LogP contribution in [0.15, 0.2) is 41.6 Å². The Morgan fingerprint density at radius 3 is 2.54 bits per heavy atom. The average molecular weight is 421 g/mol. The van der Waals surface area contributed by atoms with Crippen molar-refractivity contribution >= 4 is 46.4 Å². The van der Waals surface area contributed by atoms with Gasteiger partial charge in [-0.15, -0.1) is 11.8 Å². The van der Waals surface area contributed by atoms with Gasteiger partial charge in [0.05, 0.1) is 0 Å². The van der Waals surface area contributed by atoms with E-state index in [0.717, 1.165) is 17.3 Å². The van der Waals surface area contributed by atoms with Crippen LogP contribution in [-0.2, 0) is 25.6 Å². The van der Waals surface area contributed by atoms with Gasteiger partial charge in [-0.1, -0.05) is 42.1 Å². The first-order valence-corrected chi connectivity index (χ1v) is 10.7. The Bertz CT molecular complexity index is 870. The number of thioether (sulfide) groups is 2. The van der Waals surface area contributed by atoms with Crippen LogP contribution in [-0.4, -0.2) is 55.3 Å². The molecule has 2 aliphatic rings. The van der Waals surface area contributed by atoms with Gasteiger partial charge in [0.15, 0.2) is 10.7 Å². The van der Waals surface area contributed by atoms with Crippen LogP contribution in [0.1, 0.15) is 19.4 Å². The third-order valence-corrected chi connectivity index (χ3v) is 6.97. The van der Waals surface area contributed by atoms with Gasteiger partial charge in [-0.2, -0.15) is 0 Å². The Morgan fingerprint density at radius 1 is 1.29 bits per heavy atom. The van der Waals surface area contributed by atoms with Crippen molar-refractivity contribution in [2.75, 3.05) is 11.5 Å². The van der Waals surface area contributed by atoms with E-state index in [1.54, 1.807) is 0 Å². The van der Waals surface area contributed by atoms with E-state index in [2.05, 4.69) is 5.32 Å². The molecule has 0 bridgehead atoms. The lowest BCUT2D eigenvalue weighted by molar-refractivity contribution is -0.159. The molecule has 1 saturated heterocycles. The third kappa shape index (κ3) is 3.68. The van der Waals surface area contributed by atoms with Crippen LogP contribution in [0.2, 0.25) is 0 Å². The summed E-state index contributed by atoms with van der Waals surface area (Å²) in [5, 5.41) is 11.9. The van der Waals surface area contributed by atoms with E-state index in [1.807, 2.05) is 30.3 Å². The molecule has 0 aliphatic carbocycles. The van der Waals surface area contributed by atoms with Crippen LogP contribution in [0.5, 0.6) is 0 Å². The molecule has 2 aliphatic heterocycles. The molecule has 2 amide bonds. The highest BCUT2D eigenvalue weighted by molar-refractivity contribution is 8.13. The Hall–Kier alpha value is -2.26. The molecule has 0 aromatic heterocycles. The fraction of sp³-hybridized carbons (Fsp3) is 0.368. The van der Waals surface area contributed by atoms with Gasteiger partial charge in [-0.3, -0.25) is 19.3 Å². The molecule has 7 nitrogen and oxygen atoms in total. The van der Waals surface area contributed by atoms with E-state index >= 15 is 0 Å². The van der Waals surface area contributed by atoms with Gasteiger partial charge in [0.2, 0.25) is 5.91 Å². The molecule has 0 saturated carbocycles. The van der Waals surface area contributed by atoms with E-state index in [4.69, 9.17) is 0 Å². The van der Waals surface area contributed by atoms with Crippen molar-refractivity contribution in [2.45, 2.75) is 31.2 Å². The topological polar surface area (TPSA) is 104 Å². The SMILES string of the molecule is CC(=O)N[C@@]1(Cc2ccccc2)C(=O)N2C(C(=O)O)=C(CSC(C)=O)CS[C@@H]21. The van der Waals surface area contributed by atoms with Crippen LogP contribution in [0.4, 0.5) is 0 Å². The van der Waals surface area contributed by atoms with Crippen molar-refractivity contribution in [2.24, 2.45) is 0 Å². The van der Waals surface area contributed by atoms with Gasteiger partial charge in [0.1, 0.15) is 11.1 Å². The maximum atomic E-state index is 13.2. The first-order chi connectivity index (χ1) is 13.3. The van der Waals surface area contributed by atoms with Crippen molar-refractivity contribution in [1.82, 2.24) is 10.2 Å². The van der Waals surface area contributed by atoms with Gasteiger partial charge in [0, 0.05) is 31.8 Å². The number of rotatable bonds is 6. The molecular weight excluding hydrogens is 400 g/mol. The van der Waals surface area contributed by atoms with Crippen LogP contribution in [0.25, 0.3) is 0 Å². The van der Waals surface area contributed by atoms with E-state index in [-0.39, 0.29) is 28.9 Å². The summed E-state index contributed by atoms with van der Waals surface area (Å²) in [4.78, 5) is 49.5. The Balaban J connectivity index is 1.96. The maximum Gasteiger partial charge on any atom is 0.352 e. The standard InChI is InChI=1S/C19H20N2O5S2/c1-11(22)20-19(8-13-6-4-3-5-7-13)17(26)21-15(16(24)25)14(9-27-12(2)23)10-28-18(19)21/h3-7,18H,8-10H2,1-2H3,(H,20,22)(H,24,25)/t18-,19+/m1/s1. The lowest BCUT2D eigenvalue weighted by Gasteiger charge is -2.57. The fourth-order valence-corrected chi connectivity index (χ4v) is 5.76. The maximum absolute atomic E-state index is 13.2. The highest BCUT2D eigenvalue weighted by Gasteiger charge is 2.64. The number of hydrogen-bond acceptors (Lipinski definition) is 6. The summed E-state index contributed by atoms with van der Waals surface area (Å²) in [5.41, 5.74) is 0.163. The molecule has 1 fully saturated rings. The van der Waals surface area contributed by atoms with Crippen molar-refractivity contribution < 1.29 is 24.3 Å². The third-order valence-electron chi connectivity index (χ3n) is 4.62. The average Bonchev–Trinajstić information content (AvgIpc) is 2.64. The summed E-state index contributed by atoms with van der Waals surface area (Å²) in [5.74, 6) is -1.37. The van der Waals surface area contributed by atoms with Crippen LogP contribution in [0, 0.1) is 0 Å². The first-order valence-electron chi connectivity index (χ1n) is 8.63. The highest BCUT2D eigenvalue weighted by Crippen LogP contribution is 2.48. The predicted molar refractivity (Wildman–Crippen MR) is 108 cm³/mol. The summed E-state index contributed by atoms with van der Waals surface area (Å²) in [6.45, 7) is 2.76. The van der Waals surface area contributed by atoms with E-state index in [0.29, 0.717) is 11.3 Å². The van der Waals surface area contributed by atoms with Crippen molar-refractivity contribution in [1.29, 1.82) is 0 Å². The minimum absolute atomic E-state index is 0.0726. The monoisotopic (exact) mass is 420 g/mol. The number of carbonyl (C=O) groups is 4. The number of carbonyl (C=O) groups excluding carboxylic acids is 3. The van der Waals surface area contributed by atoms with Crippen LogP contribution < -0.4 is 5.32 Å². The largest absolute Gasteiger partial charge is 0.477 e. The lowest BCUT2D eigenvalue weighted by Crippen LogP contribution is -2.80. The second-order valence-corrected chi connectivity index (χ2v) is 8.91. The van der Waals surface area contributed by atoms with Gasteiger partial charge < -0.3 is 10.4 Å². The molecule has 2 atom stereocenters. The zero-order chi connectivity index (χ0) is 20.5. The predicted octanol–water partition coefficient (Wildman–Crippen LogP) is 1.64. The minimum atomic E-state index is -1.20. The Labute approximate surface area is 170 Å². The fourth-order valence-electron chi connectivity index (χ4n) is 3.54. The number of hydrogen-bond donors (Lipinski definition) is 2. The molecule has 0 spiro atoms. The molecule has 0 unspecified atom stereocenters. The summed E-state index contributed by atoms with van der Waals surface area (Å²) < 4.78 is 0. The number of aliphatic carboxylic acids is 1. The number of carboxylic acid groups (broad SMARTS) is 1. The number of benzene rings is 1. The number of amides is 2. The quantitative estimate of drug-likeness (QED) is 0.674. The summed E-state index contributed by atoms with van der Waals surface area (Å²) in [6, 6.07) is 9.31. The lowest BCUT2D eigenvalue weighted by atomic mass is 9.80. The van der Waals surface area contributed by atoms with Gasteiger partial charge >= 0.3 is 5.97 Å². The van der Waals surface area contributed by atoms with Gasteiger partial charge in [-0.25, -0.2) is 4.79 Å². The normalized spacial score (nSPS) is 23.7. The molecule has 3 rings (SSSR count). The Morgan fingerprint density at radius 2 is 1.96 bits per heavy atom. The smallest absolute Gasteiger partial charge is 0.352 e. The Kier molecular flexibility index (Phi) is 5.85. The van der Waals surface area contributed by atoms with Gasteiger partial charge in [-0.05, 0) is 11.1 Å². The van der Waals surface area contributed by atoms with Crippen molar-refractivity contribution in [3.63, 3.8) is 0 Å². The van der Waals surface area contributed by atoms with Gasteiger partial charge in [0.25, 0.3) is 5.91 Å². The summed E-state index contributed by atoms with van der Waals surface area (Å²) in [6.07, 6.45) is 0.283. The minimum Gasteiger partial charge on any atom is -0.477 e. The van der Waals surface area contributed by atoms with Crippen LogP contribution >= 0.6 is 23.5 Å². The molecule has 1 aromatic rings. The molecule has 2 N–H and O–H groups in total. The molecule has 0 radical (unpaired) electrons. The second kappa shape index (κ2) is 8.00. The number of carboxylic acids is 1. The molecule has 1 aromatic carbocycles. The molecule has 148 valence electrons. The summed E-state index contributed by atoms with van der Waals surface area (Å²) >= 11 is 2.43. The summed E-state index contributed by atoms with van der Waals surface area (Å²) in [7, 11) is 0. The highest BCUT2D eigenvalue weighted by atomic mass is 32.2. The molecule has 9 heteroatoms. The van der Waals surface area contributed by atoms with E-state index < -0.39 is 22.8 Å². The molecule has 2 heterocycles. The van der Waals surface area contributed by atoms with Crippen molar-refractivity contribution in [3.8, 4) is 0 Å². The van der Waals surface area contributed by atoms with E-state index in [9.17, 15) is 24.3 Å². The van der Waals surface area contributed by atoms with Crippen molar-refractivity contribution in [3.05, 3.63) is 47.2 Å². The second-order valence-electron chi connectivity index (χ2n) is 6.69. The number of nitrogens with zero attached hydrogens (tertiary/aromatic N) is 1.